The number of nitrogens with two attached hydrogens (primary N) is 1. The zero-order valence-electron chi connectivity index (χ0n) is 12.0. The SMILES string of the molecule is NC1CCCC(C(=O)NCc2ccc(OC(F)(F)F)cc2)C1. The maximum Gasteiger partial charge on any atom is 0.573 e. The molecule has 0 bridgehead atoms. The third kappa shape index (κ3) is 5.22. The fraction of sp³-hybridized carbons (Fsp3) is 0.533. The molecule has 1 amide bonds. The van der Waals surface area contributed by atoms with E-state index in [4.69, 9.17) is 5.73 Å². The molecule has 0 spiro atoms. The second kappa shape index (κ2) is 7.00. The zero-order valence-corrected chi connectivity index (χ0v) is 12.0. The predicted octanol–water partition coefficient (Wildman–Crippen LogP) is 2.72. The van der Waals surface area contributed by atoms with Gasteiger partial charge in [0.1, 0.15) is 5.75 Å². The largest absolute Gasteiger partial charge is 0.573 e. The van der Waals surface area contributed by atoms with E-state index in [1.54, 1.807) is 0 Å². The summed E-state index contributed by atoms with van der Waals surface area (Å²) in [6.45, 7) is 0.275. The summed E-state index contributed by atoms with van der Waals surface area (Å²) >= 11 is 0. The van der Waals surface area contributed by atoms with Crippen LogP contribution >= 0.6 is 0 Å². The molecule has 0 radical (unpaired) electrons. The van der Waals surface area contributed by atoms with Gasteiger partial charge in [-0.3, -0.25) is 4.79 Å². The van der Waals surface area contributed by atoms with E-state index in [1.807, 2.05) is 0 Å². The molecular weight excluding hydrogens is 297 g/mol. The van der Waals surface area contributed by atoms with Crippen LogP contribution < -0.4 is 15.8 Å². The summed E-state index contributed by atoms with van der Waals surface area (Å²) in [6.07, 6.45) is -1.29. The molecule has 22 heavy (non-hydrogen) atoms. The van der Waals surface area contributed by atoms with E-state index in [1.165, 1.54) is 24.3 Å². The predicted molar refractivity (Wildman–Crippen MR) is 74.9 cm³/mol. The molecule has 3 N–H and O–H groups in total. The van der Waals surface area contributed by atoms with Crippen molar-refractivity contribution in [2.45, 2.75) is 44.6 Å². The summed E-state index contributed by atoms with van der Waals surface area (Å²) < 4.78 is 39.9. The second-order valence-corrected chi connectivity index (χ2v) is 5.53. The molecule has 1 aromatic carbocycles. The number of carbonyl (C=O) groups is 1. The van der Waals surface area contributed by atoms with Crippen molar-refractivity contribution in [2.24, 2.45) is 11.7 Å². The van der Waals surface area contributed by atoms with Gasteiger partial charge in [-0.05, 0) is 37.0 Å². The fourth-order valence-corrected chi connectivity index (χ4v) is 2.61. The minimum atomic E-state index is -4.70. The first-order valence-corrected chi connectivity index (χ1v) is 7.21. The number of nitrogens with one attached hydrogen (secondary N) is 1. The normalized spacial score (nSPS) is 22.2. The molecule has 2 unspecified atom stereocenters. The summed E-state index contributed by atoms with van der Waals surface area (Å²) in [6, 6.07) is 5.52. The van der Waals surface area contributed by atoms with Crippen LogP contribution in [0.3, 0.4) is 0 Å². The summed E-state index contributed by atoms with van der Waals surface area (Å²) in [5.74, 6) is -0.400. The third-order valence-electron chi connectivity index (χ3n) is 3.71. The third-order valence-corrected chi connectivity index (χ3v) is 3.71. The van der Waals surface area contributed by atoms with Crippen molar-refractivity contribution in [3.05, 3.63) is 29.8 Å². The van der Waals surface area contributed by atoms with Gasteiger partial charge >= 0.3 is 6.36 Å². The molecular formula is C15H19F3N2O2. The van der Waals surface area contributed by atoms with Crippen molar-refractivity contribution in [2.75, 3.05) is 0 Å². The van der Waals surface area contributed by atoms with Crippen molar-refractivity contribution in [3.63, 3.8) is 0 Å². The van der Waals surface area contributed by atoms with Crippen LogP contribution in [0.25, 0.3) is 0 Å². The average molecular weight is 316 g/mol. The molecule has 122 valence electrons. The molecule has 0 aliphatic heterocycles. The number of carbonyl (C=O) groups excluding carboxylic acids is 1. The highest BCUT2D eigenvalue weighted by atomic mass is 19.4. The lowest BCUT2D eigenvalue weighted by Crippen LogP contribution is -2.37. The summed E-state index contributed by atoms with van der Waals surface area (Å²) in [7, 11) is 0. The highest BCUT2D eigenvalue weighted by Crippen LogP contribution is 2.24. The van der Waals surface area contributed by atoms with E-state index in [0.717, 1.165) is 19.3 Å². The smallest absolute Gasteiger partial charge is 0.406 e. The number of hydrogen-bond donors (Lipinski definition) is 2. The minimum Gasteiger partial charge on any atom is -0.406 e. The number of amides is 1. The van der Waals surface area contributed by atoms with Gasteiger partial charge in [-0.15, -0.1) is 13.2 Å². The molecule has 1 aliphatic carbocycles. The van der Waals surface area contributed by atoms with Crippen LogP contribution in [0.4, 0.5) is 13.2 Å². The molecule has 1 aliphatic rings. The standard InChI is InChI=1S/C15H19F3N2O2/c16-15(17,18)22-13-6-4-10(5-7-13)9-20-14(21)11-2-1-3-12(19)8-11/h4-7,11-12H,1-3,8-9,19H2,(H,20,21). The van der Waals surface area contributed by atoms with Gasteiger partial charge in [-0.1, -0.05) is 18.6 Å². The van der Waals surface area contributed by atoms with Gasteiger partial charge in [0.25, 0.3) is 0 Å². The van der Waals surface area contributed by atoms with Gasteiger partial charge in [0.2, 0.25) is 5.91 Å². The first-order chi connectivity index (χ1) is 10.3. The van der Waals surface area contributed by atoms with E-state index in [9.17, 15) is 18.0 Å². The quantitative estimate of drug-likeness (QED) is 0.898. The zero-order chi connectivity index (χ0) is 16.2. The Labute approximate surface area is 126 Å². The Morgan fingerprint density at radius 1 is 1.27 bits per heavy atom. The van der Waals surface area contributed by atoms with Crippen LogP contribution in [0.1, 0.15) is 31.2 Å². The van der Waals surface area contributed by atoms with E-state index in [0.29, 0.717) is 12.0 Å². The van der Waals surface area contributed by atoms with Crippen molar-refractivity contribution >= 4 is 5.91 Å². The lowest BCUT2D eigenvalue weighted by molar-refractivity contribution is -0.274. The monoisotopic (exact) mass is 316 g/mol. The Hall–Kier alpha value is -1.76. The topological polar surface area (TPSA) is 64.4 Å². The summed E-state index contributed by atoms with van der Waals surface area (Å²) in [4.78, 5) is 12.0. The summed E-state index contributed by atoms with van der Waals surface area (Å²) in [5.41, 5.74) is 6.56. The summed E-state index contributed by atoms with van der Waals surface area (Å²) in [5, 5.41) is 2.80. The Balaban J connectivity index is 1.82. The van der Waals surface area contributed by atoms with Crippen LogP contribution in [0.15, 0.2) is 24.3 Å². The van der Waals surface area contributed by atoms with Crippen LogP contribution in [0.5, 0.6) is 5.75 Å². The van der Waals surface area contributed by atoms with Crippen molar-refractivity contribution in [1.82, 2.24) is 5.32 Å². The molecule has 2 atom stereocenters. The Kier molecular flexibility index (Phi) is 5.28. The number of benzene rings is 1. The molecule has 0 aromatic heterocycles. The second-order valence-electron chi connectivity index (χ2n) is 5.53. The lowest BCUT2D eigenvalue weighted by Gasteiger charge is -2.25. The number of hydrogen-bond acceptors (Lipinski definition) is 3. The van der Waals surface area contributed by atoms with Gasteiger partial charge < -0.3 is 15.8 Å². The molecule has 1 aromatic rings. The van der Waals surface area contributed by atoms with Gasteiger partial charge in [0.15, 0.2) is 0 Å². The average Bonchev–Trinajstić information content (AvgIpc) is 2.44. The first-order valence-electron chi connectivity index (χ1n) is 7.21. The highest BCUT2D eigenvalue weighted by molar-refractivity contribution is 5.78. The fourth-order valence-electron chi connectivity index (χ4n) is 2.61. The van der Waals surface area contributed by atoms with E-state index in [-0.39, 0.29) is 30.2 Å². The lowest BCUT2D eigenvalue weighted by atomic mass is 9.85. The van der Waals surface area contributed by atoms with Crippen LogP contribution in [0.2, 0.25) is 0 Å². The number of ether oxygens (including phenoxy) is 1. The molecule has 1 saturated carbocycles. The van der Waals surface area contributed by atoms with Gasteiger partial charge in [-0.2, -0.15) is 0 Å². The van der Waals surface area contributed by atoms with Crippen molar-refractivity contribution in [1.29, 1.82) is 0 Å². The minimum absolute atomic E-state index is 0.0502. The van der Waals surface area contributed by atoms with Crippen LogP contribution in [-0.2, 0) is 11.3 Å². The number of halogens is 3. The van der Waals surface area contributed by atoms with Crippen molar-refractivity contribution in [3.8, 4) is 5.75 Å². The van der Waals surface area contributed by atoms with Crippen molar-refractivity contribution < 1.29 is 22.7 Å². The molecule has 2 rings (SSSR count). The van der Waals surface area contributed by atoms with E-state index in [2.05, 4.69) is 10.1 Å². The van der Waals surface area contributed by atoms with Gasteiger partial charge in [0.05, 0.1) is 0 Å². The molecule has 1 fully saturated rings. The maximum atomic E-state index is 12.0. The number of rotatable bonds is 4. The Bertz CT molecular complexity index is 503. The number of alkyl halides is 3. The Morgan fingerprint density at radius 3 is 2.55 bits per heavy atom. The van der Waals surface area contributed by atoms with Gasteiger partial charge in [-0.25, -0.2) is 0 Å². The van der Waals surface area contributed by atoms with Crippen LogP contribution in [-0.4, -0.2) is 18.3 Å². The molecule has 0 saturated heterocycles. The molecule has 7 heteroatoms. The van der Waals surface area contributed by atoms with E-state index >= 15 is 0 Å². The van der Waals surface area contributed by atoms with Crippen LogP contribution in [0, 0.1) is 5.92 Å². The molecule has 0 heterocycles. The van der Waals surface area contributed by atoms with E-state index < -0.39 is 6.36 Å². The maximum absolute atomic E-state index is 12.0. The van der Waals surface area contributed by atoms with Gasteiger partial charge in [0, 0.05) is 18.5 Å². The molecule has 4 nitrogen and oxygen atoms in total. The Morgan fingerprint density at radius 2 is 1.95 bits per heavy atom. The highest BCUT2D eigenvalue weighted by Gasteiger charge is 2.31. The first kappa shape index (κ1) is 16.6.